The Labute approximate surface area is 122 Å². The van der Waals surface area contributed by atoms with E-state index in [-0.39, 0.29) is 6.04 Å². The summed E-state index contributed by atoms with van der Waals surface area (Å²) in [6.45, 7) is 2.32. The Morgan fingerprint density at radius 3 is 2.83 bits per heavy atom. The summed E-state index contributed by atoms with van der Waals surface area (Å²) in [6, 6.07) is 6.19. The number of benzene rings is 1. The normalized spacial score (nSPS) is 26.0. The van der Waals surface area contributed by atoms with Gasteiger partial charge in [0.15, 0.2) is 0 Å². The number of nitrogens with one attached hydrogen (secondary N) is 1. The molecule has 1 saturated carbocycles. The van der Waals surface area contributed by atoms with Crippen LogP contribution in [-0.2, 0) is 0 Å². The zero-order valence-corrected chi connectivity index (χ0v) is 13.0. The molecule has 0 saturated heterocycles. The van der Waals surface area contributed by atoms with Crippen LogP contribution in [0.2, 0.25) is 5.02 Å². The minimum Gasteiger partial charge on any atom is -0.271 e. The molecule has 1 aromatic rings. The molecule has 0 amide bonds. The first-order chi connectivity index (χ1) is 8.61. The van der Waals surface area contributed by atoms with E-state index >= 15 is 0 Å². The molecule has 0 aliphatic heterocycles. The van der Waals surface area contributed by atoms with Crippen LogP contribution in [0, 0.1) is 11.8 Å². The molecule has 1 aliphatic carbocycles. The largest absolute Gasteiger partial charge is 0.271 e. The highest BCUT2D eigenvalue weighted by Crippen LogP contribution is 2.39. The summed E-state index contributed by atoms with van der Waals surface area (Å²) < 4.78 is 1.00. The molecule has 0 radical (unpaired) electrons. The Hall–Kier alpha value is -0.0900. The lowest BCUT2D eigenvalue weighted by molar-refractivity contribution is 0.224. The van der Waals surface area contributed by atoms with Gasteiger partial charge in [-0.15, -0.1) is 0 Å². The van der Waals surface area contributed by atoms with Gasteiger partial charge in [-0.1, -0.05) is 53.4 Å². The Morgan fingerprint density at radius 2 is 2.22 bits per heavy atom. The molecular weight excluding hydrogens is 312 g/mol. The fraction of sp³-hybridized carbons (Fsp3) is 0.571. The molecular formula is C14H20BrClN2. The monoisotopic (exact) mass is 330 g/mol. The summed E-state index contributed by atoms with van der Waals surface area (Å²) in [7, 11) is 0. The lowest BCUT2D eigenvalue weighted by atomic mass is 9.77. The Kier molecular flexibility index (Phi) is 5.07. The molecule has 2 rings (SSSR count). The van der Waals surface area contributed by atoms with Crippen LogP contribution in [0.4, 0.5) is 0 Å². The van der Waals surface area contributed by atoms with E-state index in [1.807, 2.05) is 12.1 Å². The van der Waals surface area contributed by atoms with Crippen molar-refractivity contribution in [1.29, 1.82) is 0 Å². The maximum Gasteiger partial charge on any atom is 0.0503 e. The Bertz CT molecular complexity index is 411. The second kappa shape index (κ2) is 6.38. The number of hydrazine groups is 1. The quantitative estimate of drug-likeness (QED) is 0.635. The predicted octanol–water partition coefficient (Wildman–Crippen LogP) is 4.43. The van der Waals surface area contributed by atoms with E-state index in [0.29, 0.717) is 5.92 Å². The minimum atomic E-state index is 0.161. The van der Waals surface area contributed by atoms with Crippen LogP contribution in [0.1, 0.15) is 44.2 Å². The van der Waals surface area contributed by atoms with Gasteiger partial charge in [0.05, 0.1) is 6.04 Å². The molecule has 2 nitrogen and oxygen atoms in total. The van der Waals surface area contributed by atoms with Crippen molar-refractivity contribution in [2.24, 2.45) is 17.7 Å². The van der Waals surface area contributed by atoms with Gasteiger partial charge in [-0.25, -0.2) is 0 Å². The van der Waals surface area contributed by atoms with Crippen molar-refractivity contribution >= 4 is 27.5 Å². The number of rotatable bonds is 3. The van der Waals surface area contributed by atoms with E-state index in [4.69, 9.17) is 17.4 Å². The van der Waals surface area contributed by atoms with Crippen LogP contribution in [0.3, 0.4) is 0 Å². The maximum absolute atomic E-state index is 6.33. The molecule has 3 N–H and O–H groups in total. The zero-order chi connectivity index (χ0) is 13.1. The highest BCUT2D eigenvalue weighted by atomic mass is 79.9. The molecule has 3 unspecified atom stereocenters. The summed E-state index contributed by atoms with van der Waals surface area (Å²) in [5.74, 6) is 7.13. The number of hydrogen-bond acceptors (Lipinski definition) is 2. The predicted molar refractivity (Wildman–Crippen MR) is 80.3 cm³/mol. The molecule has 3 atom stereocenters. The van der Waals surface area contributed by atoms with Gasteiger partial charge in [0.2, 0.25) is 0 Å². The van der Waals surface area contributed by atoms with Gasteiger partial charge in [0, 0.05) is 9.50 Å². The van der Waals surface area contributed by atoms with Crippen LogP contribution in [0.15, 0.2) is 22.7 Å². The summed E-state index contributed by atoms with van der Waals surface area (Å²) in [4.78, 5) is 0. The fourth-order valence-electron chi connectivity index (χ4n) is 3.02. The summed E-state index contributed by atoms with van der Waals surface area (Å²) >= 11 is 9.77. The van der Waals surface area contributed by atoms with Gasteiger partial charge in [0.25, 0.3) is 0 Å². The lowest BCUT2D eigenvalue weighted by Gasteiger charge is -2.33. The first-order valence-corrected chi connectivity index (χ1v) is 7.70. The number of nitrogens with two attached hydrogens (primary N) is 1. The molecule has 0 spiro atoms. The van der Waals surface area contributed by atoms with Crippen LogP contribution in [0.25, 0.3) is 0 Å². The van der Waals surface area contributed by atoms with Gasteiger partial charge < -0.3 is 0 Å². The minimum absolute atomic E-state index is 0.161. The highest BCUT2D eigenvalue weighted by molar-refractivity contribution is 9.10. The third-order valence-corrected chi connectivity index (χ3v) is 4.75. The van der Waals surface area contributed by atoms with Crippen LogP contribution < -0.4 is 11.3 Å². The second-order valence-electron chi connectivity index (χ2n) is 5.34. The van der Waals surface area contributed by atoms with Gasteiger partial charge >= 0.3 is 0 Å². The van der Waals surface area contributed by atoms with Crippen molar-refractivity contribution in [3.63, 3.8) is 0 Å². The summed E-state index contributed by atoms with van der Waals surface area (Å²) in [5, 5.41) is 0.783. The smallest absolute Gasteiger partial charge is 0.0503 e. The summed E-state index contributed by atoms with van der Waals surface area (Å²) in [6.07, 6.45) is 5.08. The average molecular weight is 332 g/mol. The fourth-order valence-corrected chi connectivity index (χ4v) is 3.81. The van der Waals surface area contributed by atoms with E-state index in [1.165, 1.54) is 25.7 Å². The van der Waals surface area contributed by atoms with Gasteiger partial charge in [-0.2, -0.15) is 0 Å². The van der Waals surface area contributed by atoms with Crippen molar-refractivity contribution < 1.29 is 0 Å². The zero-order valence-electron chi connectivity index (χ0n) is 10.6. The SMILES string of the molecule is CC1CCCC(C(NN)c2ccc(Br)cc2Cl)C1. The maximum atomic E-state index is 6.33. The Morgan fingerprint density at radius 1 is 1.44 bits per heavy atom. The first kappa shape index (κ1) is 14.3. The van der Waals surface area contributed by atoms with Crippen molar-refractivity contribution in [1.82, 2.24) is 5.43 Å². The van der Waals surface area contributed by atoms with E-state index in [0.717, 1.165) is 21.0 Å². The molecule has 0 aromatic heterocycles. The molecule has 1 aliphatic rings. The summed E-state index contributed by atoms with van der Waals surface area (Å²) in [5.41, 5.74) is 4.08. The molecule has 100 valence electrons. The third-order valence-electron chi connectivity index (χ3n) is 3.93. The van der Waals surface area contributed by atoms with E-state index < -0.39 is 0 Å². The standard InChI is InChI=1S/C14H20BrClN2/c1-9-3-2-4-10(7-9)14(18-17)12-6-5-11(15)8-13(12)16/h5-6,8-10,14,18H,2-4,7,17H2,1H3. The number of halogens is 2. The Balaban J connectivity index is 2.21. The molecule has 18 heavy (non-hydrogen) atoms. The van der Waals surface area contributed by atoms with Gasteiger partial charge in [0.1, 0.15) is 0 Å². The van der Waals surface area contributed by atoms with Gasteiger partial charge in [-0.3, -0.25) is 11.3 Å². The molecule has 0 heterocycles. The first-order valence-electron chi connectivity index (χ1n) is 6.53. The van der Waals surface area contributed by atoms with Crippen molar-refractivity contribution in [3.8, 4) is 0 Å². The van der Waals surface area contributed by atoms with Crippen LogP contribution in [-0.4, -0.2) is 0 Å². The van der Waals surface area contributed by atoms with E-state index in [1.54, 1.807) is 0 Å². The second-order valence-corrected chi connectivity index (χ2v) is 6.66. The molecule has 0 bridgehead atoms. The van der Waals surface area contributed by atoms with Crippen molar-refractivity contribution in [3.05, 3.63) is 33.3 Å². The molecule has 1 fully saturated rings. The highest BCUT2D eigenvalue weighted by Gasteiger charge is 2.28. The third kappa shape index (κ3) is 3.27. The molecule has 4 heteroatoms. The number of hydrogen-bond donors (Lipinski definition) is 2. The van der Waals surface area contributed by atoms with Crippen molar-refractivity contribution in [2.45, 2.75) is 38.6 Å². The van der Waals surface area contributed by atoms with Crippen molar-refractivity contribution in [2.75, 3.05) is 0 Å². The van der Waals surface area contributed by atoms with Crippen LogP contribution >= 0.6 is 27.5 Å². The van der Waals surface area contributed by atoms with E-state index in [9.17, 15) is 0 Å². The van der Waals surface area contributed by atoms with Gasteiger partial charge in [-0.05, 0) is 42.4 Å². The topological polar surface area (TPSA) is 38.0 Å². The lowest BCUT2D eigenvalue weighted by Crippen LogP contribution is -2.35. The average Bonchev–Trinajstić information content (AvgIpc) is 2.33. The molecule has 1 aromatic carbocycles. The van der Waals surface area contributed by atoms with Crippen LogP contribution in [0.5, 0.6) is 0 Å². The van der Waals surface area contributed by atoms with E-state index in [2.05, 4.69) is 34.3 Å².